The molecule has 1 heterocycles. The van der Waals surface area contributed by atoms with E-state index < -0.39 is 0 Å². The van der Waals surface area contributed by atoms with Gasteiger partial charge in [-0.1, -0.05) is 17.7 Å². The van der Waals surface area contributed by atoms with Gasteiger partial charge in [0.15, 0.2) is 0 Å². The number of rotatable bonds is 1. The molecule has 0 N–H and O–H groups in total. The lowest BCUT2D eigenvalue weighted by Crippen LogP contribution is -1.81. The standard InChI is InChI=1S/C10H7Cl2N.ClH/c11-5-7-1-2-10-8(3-7)4-9(12)6-13-10;/h1-4,6H,5H2;1H. The van der Waals surface area contributed by atoms with Crippen LogP contribution in [0, 0.1) is 0 Å². The maximum atomic E-state index is 5.82. The summed E-state index contributed by atoms with van der Waals surface area (Å²) in [5.41, 5.74) is 2.02. The molecule has 0 aliphatic heterocycles. The third-order valence-corrected chi connectivity index (χ3v) is 2.38. The van der Waals surface area contributed by atoms with Crippen LogP contribution in [0.4, 0.5) is 0 Å². The summed E-state index contributed by atoms with van der Waals surface area (Å²) in [5.74, 6) is 0.516. The first-order valence-corrected chi connectivity index (χ1v) is 4.81. The largest absolute Gasteiger partial charge is 0.255 e. The number of pyridine rings is 1. The minimum absolute atomic E-state index is 0. The van der Waals surface area contributed by atoms with Gasteiger partial charge in [0.25, 0.3) is 0 Å². The van der Waals surface area contributed by atoms with E-state index in [1.807, 2.05) is 24.3 Å². The third kappa shape index (κ3) is 2.30. The summed E-state index contributed by atoms with van der Waals surface area (Å²) in [6, 6.07) is 7.81. The first-order chi connectivity index (χ1) is 6.29. The van der Waals surface area contributed by atoms with E-state index in [2.05, 4.69) is 4.98 Å². The molecule has 0 saturated carbocycles. The molecule has 0 amide bonds. The lowest BCUT2D eigenvalue weighted by molar-refractivity contribution is 1.37. The normalized spacial score (nSPS) is 9.86. The molecule has 1 aromatic heterocycles. The Labute approximate surface area is 98.5 Å². The fourth-order valence-electron chi connectivity index (χ4n) is 1.24. The van der Waals surface area contributed by atoms with Gasteiger partial charge in [0, 0.05) is 17.5 Å². The summed E-state index contributed by atoms with van der Waals surface area (Å²) >= 11 is 11.5. The van der Waals surface area contributed by atoms with Crippen LogP contribution in [0.3, 0.4) is 0 Å². The molecule has 0 spiro atoms. The van der Waals surface area contributed by atoms with E-state index >= 15 is 0 Å². The highest BCUT2D eigenvalue weighted by Crippen LogP contribution is 2.18. The molecule has 0 bridgehead atoms. The maximum Gasteiger partial charge on any atom is 0.0703 e. The predicted octanol–water partition coefficient (Wildman–Crippen LogP) is 4.05. The van der Waals surface area contributed by atoms with E-state index in [-0.39, 0.29) is 12.4 Å². The fraction of sp³-hybridized carbons (Fsp3) is 0.100. The molecule has 0 aliphatic carbocycles. The highest BCUT2D eigenvalue weighted by Gasteiger charge is 1.97. The van der Waals surface area contributed by atoms with Crippen LogP contribution in [0.15, 0.2) is 30.5 Å². The second-order valence-corrected chi connectivity index (χ2v) is 3.52. The van der Waals surface area contributed by atoms with Crippen molar-refractivity contribution in [2.24, 2.45) is 0 Å². The Hall–Kier alpha value is -0.500. The van der Waals surface area contributed by atoms with Gasteiger partial charge in [-0.3, -0.25) is 4.98 Å². The van der Waals surface area contributed by atoms with Crippen molar-refractivity contribution in [1.82, 2.24) is 4.98 Å². The smallest absolute Gasteiger partial charge is 0.0703 e. The van der Waals surface area contributed by atoms with E-state index in [0.717, 1.165) is 16.5 Å². The first kappa shape index (κ1) is 11.6. The average molecular weight is 249 g/mol. The zero-order chi connectivity index (χ0) is 9.26. The van der Waals surface area contributed by atoms with Crippen LogP contribution in [0.2, 0.25) is 5.02 Å². The highest BCUT2D eigenvalue weighted by molar-refractivity contribution is 6.31. The zero-order valence-electron chi connectivity index (χ0n) is 7.21. The molecule has 0 unspecified atom stereocenters. The van der Waals surface area contributed by atoms with Crippen LogP contribution in [-0.2, 0) is 5.88 Å². The van der Waals surface area contributed by atoms with E-state index in [1.54, 1.807) is 6.20 Å². The van der Waals surface area contributed by atoms with Gasteiger partial charge in [-0.2, -0.15) is 0 Å². The maximum absolute atomic E-state index is 5.82. The summed E-state index contributed by atoms with van der Waals surface area (Å²) in [7, 11) is 0. The Morgan fingerprint density at radius 3 is 2.71 bits per heavy atom. The van der Waals surface area contributed by atoms with Crippen LogP contribution < -0.4 is 0 Å². The van der Waals surface area contributed by atoms with Crippen molar-refractivity contribution in [3.05, 3.63) is 41.0 Å². The SMILES string of the molecule is Cl.ClCc1ccc2ncc(Cl)cc2c1. The predicted molar refractivity (Wildman–Crippen MR) is 63.6 cm³/mol. The van der Waals surface area contributed by atoms with E-state index in [1.165, 1.54) is 0 Å². The second kappa shape index (κ2) is 4.83. The van der Waals surface area contributed by atoms with Crippen molar-refractivity contribution in [1.29, 1.82) is 0 Å². The Morgan fingerprint density at radius 2 is 2.00 bits per heavy atom. The molecule has 4 heteroatoms. The molecule has 2 rings (SSSR count). The molecule has 2 aromatic rings. The zero-order valence-corrected chi connectivity index (χ0v) is 9.53. The van der Waals surface area contributed by atoms with Crippen molar-refractivity contribution >= 4 is 46.5 Å². The third-order valence-electron chi connectivity index (χ3n) is 1.87. The molecular formula is C10H8Cl3N. The summed E-state index contributed by atoms with van der Waals surface area (Å²) in [6.07, 6.45) is 1.64. The molecule has 0 radical (unpaired) electrons. The molecular weight excluding hydrogens is 240 g/mol. The van der Waals surface area contributed by atoms with Crippen LogP contribution >= 0.6 is 35.6 Å². The van der Waals surface area contributed by atoms with Gasteiger partial charge >= 0.3 is 0 Å². The van der Waals surface area contributed by atoms with Gasteiger partial charge in [0.2, 0.25) is 0 Å². The van der Waals surface area contributed by atoms with Crippen molar-refractivity contribution in [3.63, 3.8) is 0 Å². The van der Waals surface area contributed by atoms with Gasteiger partial charge in [-0.25, -0.2) is 0 Å². The Balaban J connectivity index is 0.000000980. The van der Waals surface area contributed by atoms with E-state index in [9.17, 15) is 0 Å². The highest BCUT2D eigenvalue weighted by atomic mass is 35.5. The van der Waals surface area contributed by atoms with Crippen LogP contribution in [0.25, 0.3) is 10.9 Å². The summed E-state index contributed by atoms with van der Waals surface area (Å²) in [4.78, 5) is 4.18. The van der Waals surface area contributed by atoms with Crippen molar-refractivity contribution in [2.75, 3.05) is 0 Å². The van der Waals surface area contributed by atoms with Gasteiger partial charge in [-0.05, 0) is 23.8 Å². The lowest BCUT2D eigenvalue weighted by atomic mass is 10.1. The van der Waals surface area contributed by atoms with Crippen molar-refractivity contribution in [3.8, 4) is 0 Å². The lowest BCUT2D eigenvalue weighted by Gasteiger charge is -1.99. The van der Waals surface area contributed by atoms with Gasteiger partial charge in [0.05, 0.1) is 10.5 Å². The molecule has 0 saturated heterocycles. The molecule has 0 aliphatic rings. The number of halogens is 3. The topological polar surface area (TPSA) is 12.9 Å². The number of benzene rings is 1. The van der Waals surface area contributed by atoms with Crippen LogP contribution in [-0.4, -0.2) is 4.98 Å². The fourth-order valence-corrected chi connectivity index (χ4v) is 1.57. The second-order valence-electron chi connectivity index (χ2n) is 2.81. The summed E-state index contributed by atoms with van der Waals surface area (Å²) < 4.78 is 0. The summed E-state index contributed by atoms with van der Waals surface area (Å²) in [6.45, 7) is 0. The van der Waals surface area contributed by atoms with Crippen LogP contribution in [0.5, 0.6) is 0 Å². The Bertz CT molecular complexity index is 442. The van der Waals surface area contributed by atoms with Crippen molar-refractivity contribution in [2.45, 2.75) is 5.88 Å². The van der Waals surface area contributed by atoms with E-state index in [0.29, 0.717) is 10.9 Å². The number of aromatic nitrogens is 1. The van der Waals surface area contributed by atoms with Crippen LogP contribution in [0.1, 0.15) is 5.56 Å². The number of alkyl halides is 1. The monoisotopic (exact) mass is 247 g/mol. The average Bonchev–Trinajstić information content (AvgIpc) is 2.16. The quantitative estimate of drug-likeness (QED) is 0.694. The number of nitrogens with zero attached hydrogens (tertiary/aromatic N) is 1. The minimum atomic E-state index is 0. The number of hydrogen-bond acceptors (Lipinski definition) is 1. The molecule has 74 valence electrons. The van der Waals surface area contributed by atoms with Crippen molar-refractivity contribution < 1.29 is 0 Å². The van der Waals surface area contributed by atoms with E-state index in [4.69, 9.17) is 23.2 Å². The molecule has 1 nitrogen and oxygen atoms in total. The molecule has 0 fully saturated rings. The Kier molecular flexibility index (Phi) is 3.99. The van der Waals surface area contributed by atoms with Gasteiger partial charge < -0.3 is 0 Å². The Morgan fingerprint density at radius 1 is 1.21 bits per heavy atom. The minimum Gasteiger partial charge on any atom is -0.255 e. The number of fused-ring (bicyclic) bond motifs is 1. The molecule has 14 heavy (non-hydrogen) atoms. The first-order valence-electron chi connectivity index (χ1n) is 3.90. The molecule has 0 atom stereocenters. The molecule has 1 aromatic carbocycles. The van der Waals surface area contributed by atoms with Gasteiger partial charge in [0.1, 0.15) is 0 Å². The summed E-state index contributed by atoms with van der Waals surface area (Å²) in [5, 5.41) is 1.69. The van der Waals surface area contributed by atoms with Gasteiger partial charge in [-0.15, -0.1) is 24.0 Å². The number of hydrogen-bond donors (Lipinski definition) is 0.